The molecule has 0 atom stereocenters. The van der Waals surface area contributed by atoms with E-state index >= 15 is 0 Å². The molecule has 1 aliphatic heterocycles. The van der Waals surface area contributed by atoms with Crippen molar-refractivity contribution < 1.29 is 22.4 Å². The van der Waals surface area contributed by atoms with Gasteiger partial charge in [0.05, 0.1) is 10.5 Å². The van der Waals surface area contributed by atoms with Gasteiger partial charge < -0.3 is 5.32 Å². The molecule has 0 saturated carbocycles. The number of nitrogens with one attached hydrogen (secondary N) is 1. The molecule has 4 aromatic rings. The second-order valence-corrected chi connectivity index (χ2v) is 9.16. The summed E-state index contributed by atoms with van der Waals surface area (Å²) < 4.78 is 55.9. The molecule has 0 fully saturated rings. The zero-order valence-electron chi connectivity index (χ0n) is 19.4. The zero-order chi connectivity index (χ0) is 26.1. The van der Waals surface area contributed by atoms with E-state index in [1.165, 1.54) is 35.0 Å². The molecule has 5 rings (SSSR count). The van der Waals surface area contributed by atoms with E-state index in [2.05, 4.69) is 15.2 Å². The van der Waals surface area contributed by atoms with Gasteiger partial charge in [-0.1, -0.05) is 29.8 Å². The van der Waals surface area contributed by atoms with E-state index in [-0.39, 0.29) is 11.6 Å². The maximum atomic E-state index is 14.4. The van der Waals surface area contributed by atoms with Crippen molar-refractivity contribution in [2.75, 3.05) is 13.1 Å². The molecule has 0 spiro atoms. The Morgan fingerprint density at radius 2 is 1.89 bits per heavy atom. The zero-order valence-corrected chi connectivity index (χ0v) is 20.2. The SMILES string of the molecule is O=C(NCc1ccnc(F)c1)n1c2c(c3cc(F)c(Cl)cc31)CN(C/C=C/c1ccc(F)c(F)c1)CC2. The Labute approximate surface area is 215 Å². The minimum atomic E-state index is -0.911. The fraction of sp³-hybridized carbons (Fsp3) is 0.185. The van der Waals surface area contributed by atoms with Gasteiger partial charge in [0, 0.05) is 49.9 Å². The molecule has 3 heterocycles. The molecule has 2 aromatic carbocycles. The predicted octanol–water partition coefficient (Wildman–Crippen LogP) is 6.08. The second kappa shape index (κ2) is 10.4. The molecule has 190 valence electrons. The van der Waals surface area contributed by atoms with Crippen LogP contribution in [-0.4, -0.2) is 33.6 Å². The first-order valence-corrected chi connectivity index (χ1v) is 11.9. The Morgan fingerprint density at radius 3 is 2.68 bits per heavy atom. The maximum Gasteiger partial charge on any atom is 0.326 e. The van der Waals surface area contributed by atoms with E-state index in [0.717, 1.165) is 23.4 Å². The van der Waals surface area contributed by atoms with Crippen molar-refractivity contribution in [2.45, 2.75) is 19.5 Å². The summed E-state index contributed by atoms with van der Waals surface area (Å²) in [6.45, 7) is 1.67. The number of hydrogen-bond donors (Lipinski definition) is 1. The van der Waals surface area contributed by atoms with E-state index in [1.54, 1.807) is 12.1 Å². The van der Waals surface area contributed by atoms with Crippen LogP contribution in [0.15, 0.2) is 54.7 Å². The summed E-state index contributed by atoms with van der Waals surface area (Å²) in [5, 5.41) is 3.27. The fourth-order valence-electron chi connectivity index (χ4n) is 4.56. The van der Waals surface area contributed by atoms with E-state index in [9.17, 15) is 22.4 Å². The second-order valence-electron chi connectivity index (χ2n) is 8.75. The number of fused-ring (bicyclic) bond motifs is 3. The summed E-state index contributed by atoms with van der Waals surface area (Å²) in [7, 11) is 0. The third-order valence-corrected chi connectivity index (χ3v) is 6.61. The van der Waals surface area contributed by atoms with Crippen molar-refractivity contribution in [3.63, 3.8) is 0 Å². The summed E-state index contributed by atoms with van der Waals surface area (Å²) in [4.78, 5) is 18.8. The molecule has 1 N–H and O–H groups in total. The van der Waals surface area contributed by atoms with Gasteiger partial charge in [-0.05, 0) is 53.1 Å². The van der Waals surface area contributed by atoms with Crippen LogP contribution in [0, 0.1) is 23.4 Å². The highest BCUT2D eigenvalue weighted by molar-refractivity contribution is 6.31. The van der Waals surface area contributed by atoms with E-state index in [0.29, 0.717) is 48.1 Å². The number of halogens is 5. The Kier molecular flexibility index (Phi) is 6.99. The molecule has 0 unspecified atom stereocenters. The summed E-state index contributed by atoms with van der Waals surface area (Å²) in [5.41, 5.74) is 3.12. The molecular formula is C27H21ClF4N4O. The minimum absolute atomic E-state index is 0.0859. The Bertz CT molecular complexity index is 1530. The highest BCUT2D eigenvalue weighted by Crippen LogP contribution is 2.34. The molecule has 1 amide bonds. The molecule has 0 radical (unpaired) electrons. The number of pyridine rings is 1. The van der Waals surface area contributed by atoms with Gasteiger partial charge in [0.1, 0.15) is 5.82 Å². The largest absolute Gasteiger partial charge is 0.333 e. The van der Waals surface area contributed by atoms with Crippen LogP contribution < -0.4 is 5.32 Å². The lowest BCUT2D eigenvalue weighted by Gasteiger charge is -2.27. The van der Waals surface area contributed by atoms with Gasteiger partial charge in [-0.3, -0.25) is 9.47 Å². The van der Waals surface area contributed by atoms with Crippen LogP contribution in [0.1, 0.15) is 22.4 Å². The first kappa shape index (κ1) is 25.0. The van der Waals surface area contributed by atoms with Crippen molar-refractivity contribution in [3.05, 3.63) is 106 Å². The van der Waals surface area contributed by atoms with Crippen LogP contribution >= 0.6 is 11.6 Å². The van der Waals surface area contributed by atoms with E-state index in [4.69, 9.17) is 11.6 Å². The maximum absolute atomic E-state index is 14.4. The number of aromatic nitrogens is 2. The van der Waals surface area contributed by atoms with Gasteiger partial charge >= 0.3 is 6.03 Å². The van der Waals surface area contributed by atoms with Crippen LogP contribution in [0.2, 0.25) is 5.02 Å². The number of benzene rings is 2. The average Bonchev–Trinajstić information content (AvgIpc) is 3.17. The first-order chi connectivity index (χ1) is 17.8. The van der Waals surface area contributed by atoms with Crippen molar-refractivity contribution in [1.29, 1.82) is 0 Å². The van der Waals surface area contributed by atoms with Crippen molar-refractivity contribution in [3.8, 4) is 0 Å². The molecule has 5 nitrogen and oxygen atoms in total. The van der Waals surface area contributed by atoms with Crippen molar-refractivity contribution in [2.24, 2.45) is 0 Å². The quantitative estimate of drug-likeness (QED) is 0.252. The fourth-order valence-corrected chi connectivity index (χ4v) is 4.71. The Morgan fingerprint density at radius 1 is 1.05 bits per heavy atom. The lowest BCUT2D eigenvalue weighted by atomic mass is 10.0. The minimum Gasteiger partial charge on any atom is -0.333 e. The number of hydrogen-bond acceptors (Lipinski definition) is 3. The van der Waals surface area contributed by atoms with Crippen LogP contribution in [0.3, 0.4) is 0 Å². The summed E-state index contributed by atoms with van der Waals surface area (Å²) >= 11 is 6.06. The number of rotatable bonds is 5. The number of amides is 1. The molecule has 0 aliphatic carbocycles. The van der Waals surface area contributed by atoms with Crippen LogP contribution in [-0.2, 0) is 19.5 Å². The van der Waals surface area contributed by atoms with Crippen LogP contribution in [0.5, 0.6) is 0 Å². The first-order valence-electron chi connectivity index (χ1n) is 11.5. The lowest BCUT2D eigenvalue weighted by Crippen LogP contribution is -2.34. The molecule has 2 aromatic heterocycles. The van der Waals surface area contributed by atoms with Crippen molar-refractivity contribution in [1.82, 2.24) is 19.8 Å². The van der Waals surface area contributed by atoms with Crippen LogP contribution in [0.25, 0.3) is 17.0 Å². The van der Waals surface area contributed by atoms with Crippen LogP contribution in [0.4, 0.5) is 22.4 Å². The van der Waals surface area contributed by atoms with Gasteiger partial charge in [-0.15, -0.1) is 0 Å². The topological polar surface area (TPSA) is 50.2 Å². The smallest absolute Gasteiger partial charge is 0.326 e. The van der Waals surface area contributed by atoms with E-state index < -0.39 is 29.4 Å². The highest BCUT2D eigenvalue weighted by atomic mass is 35.5. The van der Waals surface area contributed by atoms with Gasteiger partial charge in [-0.25, -0.2) is 22.9 Å². The molecule has 0 saturated heterocycles. The normalized spacial score (nSPS) is 13.9. The molecule has 0 bridgehead atoms. The third kappa shape index (κ3) is 5.23. The average molecular weight is 529 g/mol. The summed E-state index contributed by atoms with van der Waals surface area (Å²) in [6.07, 6.45) is 5.38. The molecular weight excluding hydrogens is 508 g/mol. The third-order valence-electron chi connectivity index (χ3n) is 6.32. The molecule has 10 heteroatoms. The summed E-state index contributed by atoms with van der Waals surface area (Å²) in [6, 6.07) is 8.86. The lowest BCUT2D eigenvalue weighted by molar-refractivity contribution is 0.240. The number of carbonyl (C=O) groups is 1. The van der Waals surface area contributed by atoms with E-state index in [1.807, 2.05) is 6.08 Å². The summed E-state index contributed by atoms with van der Waals surface area (Å²) in [5.74, 6) is -3.04. The molecule has 37 heavy (non-hydrogen) atoms. The number of nitrogens with zero attached hydrogens (tertiary/aromatic N) is 3. The van der Waals surface area contributed by atoms with Gasteiger partial charge in [0.2, 0.25) is 5.95 Å². The van der Waals surface area contributed by atoms with Gasteiger partial charge in [0.15, 0.2) is 11.6 Å². The Hall–Kier alpha value is -3.69. The van der Waals surface area contributed by atoms with Gasteiger partial charge in [-0.2, -0.15) is 4.39 Å². The highest BCUT2D eigenvalue weighted by Gasteiger charge is 2.27. The standard InChI is InChI=1S/C27H21ClF4N4O/c28-20-13-25-18(12-22(20)30)19-15-35(8-1-2-16-3-4-21(29)23(31)10-16)9-6-24(19)36(25)27(37)34-14-17-5-7-33-26(32)11-17/h1-5,7,10-13H,6,8-9,14-15H2,(H,34,37)/b2-1+. The predicted molar refractivity (Wildman–Crippen MR) is 133 cm³/mol. The monoisotopic (exact) mass is 528 g/mol. The van der Waals surface area contributed by atoms with Crippen molar-refractivity contribution >= 4 is 34.6 Å². The van der Waals surface area contributed by atoms with Gasteiger partial charge in [0.25, 0.3) is 0 Å². The Balaban J connectivity index is 1.39. The molecule has 1 aliphatic rings. The number of carbonyl (C=O) groups excluding carboxylic acids is 1.